The quantitative estimate of drug-likeness (QED) is 0.761. The summed E-state index contributed by atoms with van der Waals surface area (Å²) >= 11 is 0. The number of nitrogens with two attached hydrogens (primary N) is 1. The fourth-order valence-corrected chi connectivity index (χ4v) is 1.53. The minimum Gasteiger partial charge on any atom is -0.383 e. The van der Waals surface area contributed by atoms with Gasteiger partial charge in [0.1, 0.15) is 5.82 Å². The third-order valence-corrected chi connectivity index (χ3v) is 2.54. The molecule has 0 aliphatic heterocycles. The van der Waals surface area contributed by atoms with Crippen molar-refractivity contribution >= 4 is 5.82 Å². The lowest BCUT2D eigenvalue weighted by Crippen LogP contribution is -2.33. The lowest BCUT2D eigenvalue weighted by atomic mass is 9.97. The lowest BCUT2D eigenvalue weighted by molar-refractivity contribution is 0.425. The second kappa shape index (κ2) is 4.96. The highest BCUT2D eigenvalue weighted by molar-refractivity contribution is 5.38. The molecule has 0 saturated heterocycles. The van der Waals surface area contributed by atoms with Gasteiger partial charge in [0, 0.05) is 12.2 Å². The van der Waals surface area contributed by atoms with Crippen LogP contribution in [0.2, 0.25) is 0 Å². The van der Waals surface area contributed by atoms with Gasteiger partial charge in [-0.2, -0.15) is 0 Å². The Morgan fingerprint density at radius 2 is 2.21 bits per heavy atom. The molecule has 1 rings (SSSR count). The number of nitrogens with zero attached hydrogens (tertiary/aromatic N) is 1. The Labute approximate surface area is 85.7 Å². The molecule has 0 spiro atoms. The van der Waals surface area contributed by atoms with Gasteiger partial charge >= 0.3 is 0 Å². The van der Waals surface area contributed by atoms with Crippen LogP contribution in [0.15, 0.2) is 18.3 Å². The number of likely N-dealkylation sites (N-methyl/N-ethyl adjacent to an activating group) is 1. The summed E-state index contributed by atoms with van der Waals surface area (Å²) in [4.78, 5) is 4.08. The first kappa shape index (κ1) is 11.0. The Bertz CT molecular complexity index is 284. The molecule has 78 valence electrons. The number of rotatable bonds is 4. The van der Waals surface area contributed by atoms with E-state index in [1.807, 2.05) is 19.2 Å². The highest BCUT2D eigenvalue weighted by Crippen LogP contribution is 2.13. The van der Waals surface area contributed by atoms with Crippen LogP contribution in [-0.2, 0) is 6.42 Å². The van der Waals surface area contributed by atoms with Gasteiger partial charge in [0.2, 0.25) is 0 Å². The normalized spacial score (nSPS) is 13.1. The highest BCUT2D eigenvalue weighted by Gasteiger charge is 2.12. The summed E-state index contributed by atoms with van der Waals surface area (Å²) in [5.41, 5.74) is 6.91. The molecule has 0 saturated carbocycles. The van der Waals surface area contributed by atoms with E-state index in [1.54, 1.807) is 6.20 Å². The molecule has 1 aromatic rings. The molecule has 14 heavy (non-hydrogen) atoms. The summed E-state index contributed by atoms with van der Waals surface area (Å²) in [6, 6.07) is 4.43. The zero-order chi connectivity index (χ0) is 10.6. The van der Waals surface area contributed by atoms with E-state index in [0.29, 0.717) is 17.8 Å². The van der Waals surface area contributed by atoms with Crippen LogP contribution in [0.1, 0.15) is 19.4 Å². The van der Waals surface area contributed by atoms with Crippen molar-refractivity contribution < 1.29 is 0 Å². The van der Waals surface area contributed by atoms with E-state index in [4.69, 9.17) is 5.73 Å². The van der Waals surface area contributed by atoms with Crippen molar-refractivity contribution in [3.8, 4) is 0 Å². The first-order valence-corrected chi connectivity index (χ1v) is 5.01. The van der Waals surface area contributed by atoms with Gasteiger partial charge in [-0.15, -0.1) is 0 Å². The second-order valence-electron chi connectivity index (χ2n) is 3.89. The zero-order valence-corrected chi connectivity index (χ0v) is 9.12. The first-order chi connectivity index (χ1) is 6.65. The van der Waals surface area contributed by atoms with Gasteiger partial charge in [-0.25, -0.2) is 4.98 Å². The monoisotopic (exact) mass is 193 g/mol. The molecular weight excluding hydrogens is 174 g/mol. The fourth-order valence-electron chi connectivity index (χ4n) is 1.53. The Morgan fingerprint density at radius 3 is 2.71 bits per heavy atom. The van der Waals surface area contributed by atoms with Crippen molar-refractivity contribution in [3.63, 3.8) is 0 Å². The molecule has 1 atom stereocenters. The maximum atomic E-state index is 5.78. The van der Waals surface area contributed by atoms with Crippen molar-refractivity contribution in [1.29, 1.82) is 0 Å². The summed E-state index contributed by atoms with van der Waals surface area (Å²) in [6.07, 6.45) is 2.66. The van der Waals surface area contributed by atoms with E-state index in [2.05, 4.69) is 24.1 Å². The maximum absolute atomic E-state index is 5.78. The number of hydrogen-bond acceptors (Lipinski definition) is 3. The third-order valence-electron chi connectivity index (χ3n) is 2.54. The third kappa shape index (κ3) is 2.70. The summed E-state index contributed by atoms with van der Waals surface area (Å²) in [7, 11) is 1.98. The number of nitrogens with one attached hydrogen (secondary N) is 1. The minimum atomic E-state index is 0.460. The van der Waals surface area contributed by atoms with Gasteiger partial charge in [-0.05, 0) is 31.0 Å². The van der Waals surface area contributed by atoms with E-state index in [0.717, 1.165) is 12.0 Å². The van der Waals surface area contributed by atoms with Crippen LogP contribution in [0.3, 0.4) is 0 Å². The Morgan fingerprint density at radius 1 is 1.50 bits per heavy atom. The smallest absolute Gasteiger partial charge is 0.126 e. The molecule has 0 aliphatic carbocycles. The molecule has 3 nitrogen and oxygen atoms in total. The molecule has 0 bridgehead atoms. The molecule has 0 amide bonds. The average molecular weight is 193 g/mol. The van der Waals surface area contributed by atoms with Gasteiger partial charge < -0.3 is 11.1 Å². The summed E-state index contributed by atoms with van der Waals surface area (Å²) in [5.74, 6) is 1.24. The van der Waals surface area contributed by atoms with E-state index in [9.17, 15) is 0 Å². The molecule has 3 heteroatoms. The predicted octanol–water partition coefficient (Wildman–Crippen LogP) is 1.45. The van der Waals surface area contributed by atoms with Crippen LogP contribution in [0, 0.1) is 5.92 Å². The van der Waals surface area contributed by atoms with Gasteiger partial charge in [0.25, 0.3) is 0 Å². The summed E-state index contributed by atoms with van der Waals surface area (Å²) < 4.78 is 0. The first-order valence-electron chi connectivity index (χ1n) is 5.01. The largest absolute Gasteiger partial charge is 0.383 e. The van der Waals surface area contributed by atoms with E-state index >= 15 is 0 Å². The Kier molecular flexibility index (Phi) is 3.89. The van der Waals surface area contributed by atoms with Crippen molar-refractivity contribution in [2.24, 2.45) is 5.92 Å². The van der Waals surface area contributed by atoms with Gasteiger partial charge in [-0.3, -0.25) is 0 Å². The molecule has 1 heterocycles. The van der Waals surface area contributed by atoms with Gasteiger partial charge in [0.15, 0.2) is 0 Å². The van der Waals surface area contributed by atoms with Crippen molar-refractivity contribution in [2.75, 3.05) is 12.8 Å². The molecule has 0 fully saturated rings. The molecular formula is C11H19N3. The summed E-state index contributed by atoms with van der Waals surface area (Å²) in [6.45, 7) is 4.40. The summed E-state index contributed by atoms with van der Waals surface area (Å²) in [5, 5.41) is 3.29. The van der Waals surface area contributed by atoms with Crippen LogP contribution in [0.5, 0.6) is 0 Å². The number of anilines is 1. The van der Waals surface area contributed by atoms with E-state index in [-0.39, 0.29) is 0 Å². The van der Waals surface area contributed by atoms with Crippen molar-refractivity contribution in [3.05, 3.63) is 23.9 Å². The zero-order valence-electron chi connectivity index (χ0n) is 9.12. The Hall–Kier alpha value is -1.09. The second-order valence-corrected chi connectivity index (χ2v) is 3.89. The molecule has 0 radical (unpaired) electrons. The number of pyridine rings is 1. The number of aromatic nitrogens is 1. The highest BCUT2D eigenvalue weighted by atomic mass is 14.9. The van der Waals surface area contributed by atoms with Crippen LogP contribution < -0.4 is 11.1 Å². The van der Waals surface area contributed by atoms with E-state index < -0.39 is 0 Å². The Balaban J connectivity index is 2.72. The lowest BCUT2D eigenvalue weighted by Gasteiger charge is -2.20. The van der Waals surface area contributed by atoms with Crippen LogP contribution in [0.4, 0.5) is 5.82 Å². The predicted molar refractivity (Wildman–Crippen MR) is 60.0 cm³/mol. The average Bonchev–Trinajstić information content (AvgIpc) is 2.16. The molecule has 1 unspecified atom stereocenters. The van der Waals surface area contributed by atoms with Gasteiger partial charge in [-0.1, -0.05) is 19.9 Å². The van der Waals surface area contributed by atoms with Crippen molar-refractivity contribution in [2.45, 2.75) is 26.3 Å². The molecule has 3 N–H and O–H groups in total. The SMILES string of the molecule is CNC(Cc1cccnc1N)C(C)C. The standard InChI is InChI=1S/C11H19N3/c1-8(2)10(13-3)7-9-5-4-6-14-11(9)12/h4-6,8,10,13H,7H2,1-3H3,(H2,12,14). The molecule has 0 aliphatic rings. The van der Waals surface area contributed by atoms with Gasteiger partial charge in [0.05, 0.1) is 0 Å². The van der Waals surface area contributed by atoms with Crippen LogP contribution in [-0.4, -0.2) is 18.1 Å². The topological polar surface area (TPSA) is 50.9 Å². The maximum Gasteiger partial charge on any atom is 0.126 e. The minimum absolute atomic E-state index is 0.460. The molecule has 0 aromatic carbocycles. The fraction of sp³-hybridized carbons (Fsp3) is 0.545. The van der Waals surface area contributed by atoms with Crippen molar-refractivity contribution in [1.82, 2.24) is 10.3 Å². The molecule has 1 aromatic heterocycles. The van der Waals surface area contributed by atoms with Crippen LogP contribution >= 0.6 is 0 Å². The number of hydrogen-bond donors (Lipinski definition) is 2. The van der Waals surface area contributed by atoms with E-state index in [1.165, 1.54) is 0 Å². The number of nitrogen functional groups attached to an aromatic ring is 1. The van der Waals surface area contributed by atoms with Crippen LogP contribution in [0.25, 0.3) is 0 Å².